The van der Waals surface area contributed by atoms with Crippen molar-refractivity contribution in [2.24, 2.45) is 0 Å². The van der Waals surface area contributed by atoms with Crippen LogP contribution in [0, 0.1) is 0 Å². The van der Waals surface area contributed by atoms with E-state index in [1.807, 2.05) is 6.92 Å². The van der Waals surface area contributed by atoms with Crippen LogP contribution in [0.4, 0.5) is 0 Å². The fraction of sp³-hybridized carbons (Fsp3) is 0.833. The average molecular weight is 239 g/mol. The molecule has 2 rings (SSSR count). The van der Waals surface area contributed by atoms with Gasteiger partial charge in [0.05, 0.1) is 6.04 Å². The van der Waals surface area contributed by atoms with Gasteiger partial charge in [0.25, 0.3) is 0 Å². The second kappa shape index (κ2) is 5.14. The maximum atomic E-state index is 5.47. The average Bonchev–Trinajstić information content (AvgIpc) is 2.89. The van der Waals surface area contributed by atoms with Crippen molar-refractivity contribution in [3.8, 4) is 0 Å². The van der Waals surface area contributed by atoms with E-state index >= 15 is 0 Å². The number of hydrogen-bond acceptors (Lipinski definition) is 5. The highest BCUT2D eigenvalue weighted by molar-refractivity contribution is 5.02. The lowest BCUT2D eigenvalue weighted by Gasteiger charge is -2.22. The first-order valence-electron chi connectivity index (χ1n) is 6.32. The minimum atomic E-state index is -0.448. The second-order valence-corrected chi connectivity index (χ2v) is 4.75. The number of ether oxygens (including phenoxy) is 1. The smallest absolute Gasteiger partial charge is 0.243 e. The van der Waals surface area contributed by atoms with Gasteiger partial charge in [0, 0.05) is 7.11 Å². The third kappa shape index (κ3) is 2.50. The summed E-state index contributed by atoms with van der Waals surface area (Å²) in [6.07, 6.45) is 4.32. The normalized spacial score (nSPS) is 24.5. The lowest BCUT2D eigenvalue weighted by molar-refractivity contribution is -0.0106. The van der Waals surface area contributed by atoms with E-state index in [2.05, 4.69) is 22.4 Å². The molecule has 1 unspecified atom stereocenters. The molecule has 1 aliphatic rings. The van der Waals surface area contributed by atoms with Gasteiger partial charge < -0.3 is 14.6 Å². The molecule has 1 aliphatic heterocycles. The molecule has 1 saturated heterocycles. The van der Waals surface area contributed by atoms with Crippen molar-refractivity contribution in [2.75, 3.05) is 13.7 Å². The van der Waals surface area contributed by atoms with E-state index in [0.717, 1.165) is 19.4 Å². The number of nitrogens with one attached hydrogen (secondary N) is 1. The first-order chi connectivity index (χ1) is 8.19. The zero-order valence-corrected chi connectivity index (χ0v) is 10.8. The highest BCUT2D eigenvalue weighted by Crippen LogP contribution is 2.28. The van der Waals surface area contributed by atoms with E-state index in [4.69, 9.17) is 9.26 Å². The van der Waals surface area contributed by atoms with Gasteiger partial charge in [0.15, 0.2) is 0 Å². The minimum Gasteiger partial charge on any atom is -0.370 e. The number of hydrogen-bond donors (Lipinski definition) is 1. The third-order valence-electron chi connectivity index (χ3n) is 3.65. The van der Waals surface area contributed by atoms with Crippen molar-refractivity contribution in [2.45, 2.75) is 51.2 Å². The van der Waals surface area contributed by atoms with Crippen LogP contribution in [0.2, 0.25) is 0 Å². The predicted octanol–water partition coefficient (Wildman–Crippen LogP) is 2.16. The molecule has 96 valence electrons. The van der Waals surface area contributed by atoms with Crippen LogP contribution in [-0.4, -0.2) is 23.8 Å². The Labute approximate surface area is 102 Å². The molecule has 2 heterocycles. The van der Waals surface area contributed by atoms with Gasteiger partial charge in [0.2, 0.25) is 11.7 Å². The van der Waals surface area contributed by atoms with E-state index in [0.29, 0.717) is 11.7 Å². The van der Waals surface area contributed by atoms with Crippen LogP contribution >= 0.6 is 0 Å². The Kier molecular flexibility index (Phi) is 3.79. The third-order valence-corrected chi connectivity index (χ3v) is 3.65. The van der Waals surface area contributed by atoms with Crippen LogP contribution in [0.1, 0.15) is 57.3 Å². The summed E-state index contributed by atoms with van der Waals surface area (Å²) in [5.74, 6) is 1.33. The van der Waals surface area contributed by atoms with E-state index < -0.39 is 5.60 Å². The zero-order chi connectivity index (χ0) is 12.3. The molecule has 17 heavy (non-hydrogen) atoms. The Balaban J connectivity index is 2.14. The number of methoxy groups -OCH3 is 1. The Morgan fingerprint density at radius 3 is 2.94 bits per heavy atom. The van der Waals surface area contributed by atoms with Crippen molar-refractivity contribution in [1.29, 1.82) is 0 Å². The Morgan fingerprint density at radius 2 is 2.35 bits per heavy atom. The molecule has 0 aromatic carbocycles. The molecule has 0 radical (unpaired) electrons. The van der Waals surface area contributed by atoms with Gasteiger partial charge in [-0.05, 0) is 32.7 Å². The summed E-state index contributed by atoms with van der Waals surface area (Å²) in [7, 11) is 1.68. The molecule has 0 saturated carbocycles. The molecular formula is C12H21N3O2. The van der Waals surface area contributed by atoms with Gasteiger partial charge >= 0.3 is 0 Å². The molecule has 0 aliphatic carbocycles. The maximum Gasteiger partial charge on any atom is 0.243 e. The van der Waals surface area contributed by atoms with Gasteiger partial charge in [-0.1, -0.05) is 18.5 Å². The summed E-state index contributed by atoms with van der Waals surface area (Å²) in [5, 5.41) is 7.45. The fourth-order valence-electron chi connectivity index (χ4n) is 2.05. The van der Waals surface area contributed by atoms with Crippen LogP contribution in [0.15, 0.2) is 4.52 Å². The Hall–Kier alpha value is -0.940. The van der Waals surface area contributed by atoms with Crippen molar-refractivity contribution in [3.63, 3.8) is 0 Å². The van der Waals surface area contributed by atoms with Crippen molar-refractivity contribution in [3.05, 3.63) is 11.7 Å². The van der Waals surface area contributed by atoms with Crippen LogP contribution in [0.3, 0.4) is 0 Å². The largest absolute Gasteiger partial charge is 0.370 e. The van der Waals surface area contributed by atoms with Crippen LogP contribution < -0.4 is 5.32 Å². The van der Waals surface area contributed by atoms with E-state index in [1.165, 1.54) is 12.8 Å². The maximum absolute atomic E-state index is 5.47. The fourth-order valence-corrected chi connectivity index (χ4v) is 2.05. The summed E-state index contributed by atoms with van der Waals surface area (Å²) in [6.45, 7) is 5.06. The van der Waals surface area contributed by atoms with E-state index in [1.54, 1.807) is 7.11 Å². The lowest BCUT2D eigenvalue weighted by atomic mass is 10.0. The van der Waals surface area contributed by atoms with Gasteiger partial charge in [-0.25, -0.2) is 0 Å². The van der Waals surface area contributed by atoms with Crippen LogP contribution in [0.25, 0.3) is 0 Å². The highest BCUT2D eigenvalue weighted by Gasteiger charge is 2.31. The molecule has 1 N–H and O–H groups in total. The standard InChI is InChI=1S/C12H21N3O2/c1-4-12(2,16-3)11-14-10(17-15-11)9-7-5-6-8-13-9/h9,13H,4-8H2,1-3H3/t9-,12?/m0/s1. The topological polar surface area (TPSA) is 60.2 Å². The van der Waals surface area contributed by atoms with Gasteiger partial charge in [-0.3, -0.25) is 0 Å². The Bertz CT molecular complexity index is 354. The lowest BCUT2D eigenvalue weighted by Crippen LogP contribution is -2.28. The van der Waals surface area contributed by atoms with Gasteiger partial charge in [-0.2, -0.15) is 4.98 Å². The number of piperidine rings is 1. The molecule has 5 heteroatoms. The molecule has 1 fully saturated rings. The summed E-state index contributed by atoms with van der Waals surface area (Å²) in [5.41, 5.74) is -0.448. The molecule has 0 bridgehead atoms. The quantitative estimate of drug-likeness (QED) is 0.872. The van der Waals surface area contributed by atoms with Crippen molar-refractivity contribution < 1.29 is 9.26 Å². The van der Waals surface area contributed by atoms with Gasteiger partial charge in [-0.15, -0.1) is 0 Å². The Morgan fingerprint density at radius 1 is 1.53 bits per heavy atom. The summed E-state index contributed by atoms with van der Waals surface area (Å²) < 4.78 is 10.8. The highest BCUT2D eigenvalue weighted by atomic mass is 16.5. The molecule has 0 amide bonds. The molecule has 1 aromatic heterocycles. The monoisotopic (exact) mass is 239 g/mol. The number of aromatic nitrogens is 2. The summed E-state index contributed by atoms with van der Waals surface area (Å²) in [4.78, 5) is 4.48. The number of nitrogens with zero attached hydrogens (tertiary/aromatic N) is 2. The second-order valence-electron chi connectivity index (χ2n) is 4.75. The molecule has 1 aromatic rings. The first kappa shape index (κ1) is 12.5. The van der Waals surface area contributed by atoms with Crippen molar-refractivity contribution >= 4 is 0 Å². The molecular weight excluding hydrogens is 218 g/mol. The van der Waals surface area contributed by atoms with E-state index in [-0.39, 0.29) is 6.04 Å². The molecule has 0 spiro atoms. The first-order valence-corrected chi connectivity index (χ1v) is 6.32. The predicted molar refractivity (Wildman–Crippen MR) is 63.5 cm³/mol. The zero-order valence-electron chi connectivity index (χ0n) is 10.8. The number of rotatable bonds is 4. The van der Waals surface area contributed by atoms with Crippen LogP contribution in [0.5, 0.6) is 0 Å². The SMILES string of the molecule is CCC(C)(OC)c1noc([C@@H]2CCCCN2)n1. The molecule has 5 nitrogen and oxygen atoms in total. The van der Waals surface area contributed by atoms with Crippen molar-refractivity contribution in [1.82, 2.24) is 15.5 Å². The summed E-state index contributed by atoms with van der Waals surface area (Å²) in [6, 6.07) is 0.211. The van der Waals surface area contributed by atoms with Gasteiger partial charge in [0.1, 0.15) is 5.60 Å². The van der Waals surface area contributed by atoms with E-state index in [9.17, 15) is 0 Å². The summed E-state index contributed by atoms with van der Waals surface area (Å²) >= 11 is 0. The molecule has 2 atom stereocenters. The minimum absolute atomic E-state index is 0.211. The van der Waals surface area contributed by atoms with Crippen LogP contribution in [-0.2, 0) is 10.3 Å².